The number of nitrogens with zero attached hydrogens (tertiary/aromatic N) is 2. The summed E-state index contributed by atoms with van der Waals surface area (Å²) in [7, 11) is 0. The number of pyridine rings is 1. The van der Waals surface area contributed by atoms with Crippen molar-refractivity contribution >= 4 is 22.8 Å². The zero-order valence-electron chi connectivity index (χ0n) is 15.4. The summed E-state index contributed by atoms with van der Waals surface area (Å²) in [6, 6.07) is 12.6. The van der Waals surface area contributed by atoms with Crippen LogP contribution in [0.15, 0.2) is 53.2 Å². The molecule has 0 bridgehead atoms. The van der Waals surface area contributed by atoms with Crippen LogP contribution in [0.5, 0.6) is 0 Å². The van der Waals surface area contributed by atoms with E-state index in [1.165, 1.54) is 16.5 Å². The quantitative estimate of drug-likeness (QED) is 0.636. The van der Waals surface area contributed by atoms with Crippen molar-refractivity contribution in [1.82, 2.24) is 9.55 Å². The van der Waals surface area contributed by atoms with E-state index in [1.54, 1.807) is 11.8 Å². The fourth-order valence-corrected chi connectivity index (χ4v) is 3.62. The van der Waals surface area contributed by atoms with Crippen LogP contribution in [-0.2, 0) is 13.0 Å². The monoisotopic (exact) mass is 369 g/mol. The molecule has 2 heterocycles. The molecule has 0 saturated carbocycles. The van der Waals surface area contributed by atoms with Gasteiger partial charge >= 0.3 is 0 Å². The lowest BCUT2D eigenvalue weighted by Crippen LogP contribution is -2.04. The van der Waals surface area contributed by atoms with Crippen LogP contribution in [0.4, 0.5) is 4.39 Å². The maximum atomic E-state index is 14.1. The van der Waals surface area contributed by atoms with Gasteiger partial charge in [-0.25, -0.2) is 4.39 Å². The van der Waals surface area contributed by atoms with Gasteiger partial charge in [0.15, 0.2) is 0 Å². The summed E-state index contributed by atoms with van der Waals surface area (Å²) in [6.45, 7) is 4.42. The zero-order valence-corrected chi connectivity index (χ0v) is 16.2. The maximum absolute atomic E-state index is 14.1. The molecule has 0 atom stereocenters. The van der Waals surface area contributed by atoms with Crippen LogP contribution >= 0.6 is 11.8 Å². The van der Waals surface area contributed by atoms with Crippen molar-refractivity contribution in [2.45, 2.75) is 31.7 Å². The van der Waals surface area contributed by atoms with Crippen LogP contribution in [0.2, 0.25) is 0 Å². The molecule has 3 nitrogen and oxygen atoms in total. The number of halogens is 1. The fourth-order valence-electron chi connectivity index (χ4n) is 3.21. The predicted octanol–water partition coefficient (Wildman–Crippen LogP) is 4.78. The number of thioether (sulfide) groups is 1. The van der Waals surface area contributed by atoms with E-state index in [0.717, 1.165) is 34.4 Å². The van der Waals surface area contributed by atoms with Crippen LogP contribution in [0, 0.1) is 13.8 Å². The first kappa shape index (κ1) is 18.7. The number of allylic oxidation sites excluding steroid dienone is 1. The number of benzene rings is 1. The smallest absolute Gasteiger partial charge is 0.117 e. The molecule has 0 aliphatic rings. The van der Waals surface area contributed by atoms with Crippen molar-refractivity contribution in [3.63, 3.8) is 0 Å². The molecule has 3 aromatic rings. The van der Waals surface area contributed by atoms with Crippen LogP contribution in [-0.4, -0.2) is 22.4 Å². The lowest BCUT2D eigenvalue weighted by atomic mass is 10.0. The molecule has 1 aromatic carbocycles. The average molecular weight is 370 g/mol. The van der Waals surface area contributed by atoms with Crippen molar-refractivity contribution < 1.29 is 4.39 Å². The third kappa shape index (κ3) is 3.84. The van der Waals surface area contributed by atoms with E-state index >= 15 is 0 Å². The Bertz CT molecular complexity index is 942. The van der Waals surface area contributed by atoms with Crippen LogP contribution in [0.1, 0.15) is 22.5 Å². The molecule has 136 valence electrons. The Kier molecular flexibility index (Phi) is 5.79. The highest BCUT2D eigenvalue weighted by atomic mass is 32.2. The summed E-state index contributed by atoms with van der Waals surface area (Å²) in [5.41, 5.74) is 11.8. The summed E-state index contributed by atoms with van der Waals surface area (Å²) in [5, 5.41) is 0. The van der Waals surface area contributed by atoms with Crippen LogP contribution < -0.4 is 5.73 Å². The van der Waals surface area contributed by atoms with Crippen LogP contribution in [0.3, 0.4) is 0 Å². The molecule has 0 saturated heterocycles. The van der Waals surface area contributed by atoms with E-state index in [1.807, 2.05) is 30.5 Å². The summed E-state index contributed by atoms with van der Waals surface area (Å²) >= 11 is 1.73. The highest BCUT2D eigenvalue weighted by Gasteiger charge is 2.17. The van der Waals surface area contributed by atoms with Gasteiger partial charge in [-0.15, -0.1) is 11.8 Å². The van der Waals surface area contributed by atoms with Gasteiger partial charge in [0.05, 0.1) is 17.6 Å². The molecule has 3 rings (SSSR count). The summed E-state index contributed by atoms with van der Waals surface area (Å²) < 4.78 is 16.1. The van der Waals surface area contributed by atoms with Crippen molar-refractivity contribution in [3.05, 3.63) is 70.8 Å². The SMILES string of the molecule is CSc1ccc(Cc2c(C)n(C/C(F)=C/CN)c3ccc(C)nc23)cc1. The highest BCUT2D eigenvalue weighted by molar-refractivity contribution is 7.98. The molecule has 2 N–H and O–H groups in total. The predicted molar refractivity (Wildman–Crippen MR) is 108 cm³/mol. The minimum Gasteiger partial charge on any atom is -0.336 e. The number of aromatic nitrogens is 2. The Hall–Kier alpha value is -2.11. The third-order valence-electron chi connectivity index (χ3n) is 4.62. The molecule has 0 fully saturated rings. The third-order valence-corrected chi connectivity index (χ3v) is 5.36. The van der Waals surface area contributed by atoms with E-state index < -0.39 is 0 Å². The van der Waals surface area contributed by atoms with Crippen molar-refractivity contribution in [2.24, 2.45) is 5.73 Å². The number of rotatable bonds is 6. The van der Waals surface area contributed by atoms with E-state index in [4.69, 9.17) is 10.7 Å². The maximum Gasteiger partial charge on any atom is 0.117 e. The van der Waals surface area contributed by atoms with Gasteiger partial charge in [0.1, 0.15) is 5.83 Å². The Morgan fingerprint density at radius 3 is 2.58 bits per heavy atom. The molecule has 26 heavy (non-hydrogen) atoms. The molecule has 0 aliphatic heterocycles. The van der Waals surface area contributed by atoms with Crippen molar-refractivity contribution in [3.8, 4) is 0 Å². The van der Waals surface area contributed by atoms with Gasteiger partial charge in [-0.3, -0.25) is 4.98 Å². The Morgan fingerprint density at radius 2 is 1.92 bits per heavy atom. The van der Waals surface area contributed by atoms with Gasteiger partial charge in [-0.05, 0) is 56.0 Å². The van der Waals surface area contributed by atoms with Gasteiger partial charge in [0, 0.05) is 34.8 Å². The number of aryl methyl sites for hydroxylation is 1. The van der Waals surface area contributed by atoms with Gasteiger partial charge in [-0.1, -0.05) is 12.1 Å². The number of fused-ring (bicyclic) bond motifs is 1. The summed E-state index contributed by atoms with van der Waals surface area (Å²) in [5.74, 6) is -0.219. The molecule has 0 radical (unpaired) electrons. The summed E-state index contributed by atoms with van der Waals surface area (Å²) in [6.07, 6.45) is 4.28. The molecule has 5 heteroatoms. The standard InChI is InChI=1S/C21H24FN3S/c1-14-4-9-20-21(24-14)19(12-16-5-7-18(26-3)8-6-16)15(2)25(20)13-17(22)10-11-23/h4-10H,11-13,23H2,1-3H3/b17-10-. The lowest BCUT2D eigenvalue weighted by molar-refractivity contribution is 0.554. The molecule has 0 unspecified atom stereocenters. The molecule has 0 amide bonds. The Labute approximate surface area is 158 Å². The molecule has 2 aromatic heterocycles. The minimum atomic E-state index is -0.219. The molecular weight excluding hydrogens is 345 g/mol. The minimum absolute atomic E-state index is 0.190. The number of hydrogen-bond acceptors (Lipinski definition) is 3. The normalized spacial score (nSPS) is 12.1. The van der Waals surface area contributed by atoms with E-state index in [9.17, 15) is 4.39 Å². The van der Waals surface area contributed by atoms with Gasteiger partial charge in [-0.2, -0.15) is 0 Å². The second-order valence-corrected chi connectivity index (χ2v) is 7.26. The molecular formula is C21H24FN3S. The Morgan fingerprint density at radius 1 is 1.19 bits per heavy atom. The first-order chi connectivity index (χ1) is 12.5. The van der Waals surface area contributed by atoms with E-state index in [2.05, 4.69) is 30.5 Å². The van der Waals surface area contributed by atoms with E-state index in [-0.39, 0.29) is 18.9 Å². The number of hydrogen-bond donors (Lipinski definition) is 1. The Balaban J connectivity index is 2.07. The molecule has 0 aliphatic carbocycles. The van der Waals surface area contributed by atoms with Gasteiger partial charge in [0.25, 0.3) is 0 Å². The zero-order chi connectivity index (χ0) is 18.7. The van der Waals surface area contributed by atoms with Gasteiger partial charge < -0.3 is 10.3 Å². The second kappa shape index (κ2) is 8.06. The lowest BCUT2D eigenvalue weighted by Gasteiger charge is -2.08. The van der Waals surface area contributed by atoms with Crippen molar-refractivity contribution in [2.75, 3.05) is 12.8 Å². The first-order valence-electron chi connectivity index (χ1n) is 8.66. The fraction of sp³-hybridized carbons (Fsp3) is 0.286. The largest absolute Gasteiger partial charge is 0.336 e. The average Bonchev–Trinajstić information content (AvgIpc) is 2.87. The topological polar surface area (TPSA) is 43.8 Å². The van der Waals surface area contributed by atoms with Gasteiger partial charge in [0.2, 0.25) is 0 Å². The molecule has 0 spiro atoms. The number of nitrogens with two attached hydrogens (primary N) is 1. The highest BCUT2D eigenvalue weighted by Crippen LogP contribution is 2.28. The first-order valence-corrected chi connectivity index (χ1v) is 9.88. The van der Waals surface area contributed by atoms with Crippen LogP contribution in [0.25, 0.3) is 11.0 Å². The van der Waals surface area contributed by atoms with E-state index in [0.29, 0.717) is 0 Å². The van der Waals surface area contributed by atoms with Crippen molar-refractivity contribution in [1.29, 1.82) is 0 Å². The summed E-state index contributed by atoms with van der Waals surface area (Å²) in [4.78, 5) is 5.99. The second-order valence-electron chi connectivity index (χ2n) is 6.38.